The number of hydrogen-bond donors (Lipinski definition) is 2. The molecule has 0 spiro atoms. The molecule has 2 N–H and O–H groups in total. The van der Waals surface area contributed by atoms with E-state index in [1.807, 2.05) is 11.8 Å². The molecule has 0 bridgehead atoms. The van der Waals surface area contributed by atoms with Crippen LogP contribution in [-0.2, 0) is 0 Å². The molecule has 0 amide bonds. The number of anilines is 1. The minimum Gasteiger partial charge on any atom is -0.478 e. The molecule has 1 fully saturated rings. The highest BCUT2D eigenvalue weighted by Gasteiger charge is 2.41. The Hall–Kier alpha value is -1.82. The predicted octanol–water partition coefficient (Wildman–Crippen LogP) is 2.64. The minimum atomic E-state index is -0.945. The molecule has 20 heavy (non-hydrogen) atoms. The van der Waals surface area contributed by atoms with Gasteiger partial charge in [-0.1, -0.05) is 0 Å². The van der Waals surface area contributed by atoms with Crippen LogP contribution in [0.5, 0.6) is 0 Å². The number of benzene rings is 1. The number of nitrogens with zero attached hydrogens (tertiary/aromatic N) is 2. The van der Waals surface area contributed by atoms with E-state index in [-0.39, 0.29) is 5.56 Å². The third kappa shape index (κ3) is 2.43. The van der Waals surface area contributed by atoms with Crippen molar-refractivity contribution in [1.29, 1.82) is 0 Å². The first-order valence-electron chi connectivity index (χ1n) is 6.41. The van der Waals surface area contributed by atoms with Gasteiger partial charge in [-0.05, 0) is 37.3 Å². The Kier molecular flexibility index (Phi) is 3.25. The summed E-state index contributed by atoms with van der Waals surface area (Å²) in [5.41, 5.74) is 0.890. The van der Waals surface area contributed by atoms with E-state index in [0.717, 1.165) is 17.7 Å². The summed E-state index contributed by atoms with van der Waals surface area (Å²) in [6.45, 7) is 0.876. The van der Waals surface area contributed by atoms with Crippen LogP contribution in [-0.4, -0.2) is 38.6 Å². The van der Waals surface area contributed by atoms with Gasteiger partial charge in [0.15, 0.2) is 0 Å². The molecule has 104 valence electrons. The average Bonchev–Trinajstić information content (AvgIpc) is 3.25. The number of nitrogens with one attached hydrogen (secondary N) is 1. The Morgan fingerprint density at radius 3 is 2.90 bits per heavy atom. The van der Waals surface area contributed by atoms with Crippen LogP contribution in [0.1, 0.15) is 23.2 Å². The molecule has 1 aliphatic carbocycles. The van der Waals surface area contributed by atoms with Crippen molar-refractivity contribution in [3.05, 3.63) is 30.1 Å². The van der Waals surface area contributed by atoms with Crippen molar-refractivity contribution in [2.24, 2.45) is 0 Å². The lowest BCUT2D eigenvalue weighted by Gasteiger charge is -2.14. The number of thioether (sulfide) groups is 1. The van der Waals surface area contributed by atoms with E-state index in [1.165, 1.54) is 19.2 Å². The van der Waals surface area contributed by atoms with E-state index in [0.29, 0.717) is 10.3 Å². The van der Waals surface area contributed by atoms with Crippen molar-refractivity contribution in [3.63, 3.8) is 0 Å². The van der Waals surface area contributed by atoms with Crippen LogP contribution < -0.4 is 5.32 Å². The first-order chi connectivity index (χ1) is 9.63. The first-order valence-corrected chi connectivity index (χ1v) is 7.63. The van der Waals surface area contributed by atoms with E-state index in [9.17, 15) is 4.79 Å². The fourth-order valence-electron chi connectivity index (χ4n) is 2.17. The van der Waals surface area contributed by atoms with Crippen molar-refractivity contribution >= 4 is 34.5 Å². The largest absolute Gasteiger partial charge is 0.478 e. The summed E-state index contributed by atoms with van der Waals surface area (Å²) in [7, 11) is 0. The number of carboxylic acids is 1. The molecule has 1 aromatic heterocycles. The van der Waals surface area contributed by atoms with Crippen LogP contribution in [0.15, 0.2) is 24.5 Å². The number of hydrogen-bond acceptors (Lipinski definition) is 5. The Morgan fingerprint density at radius 1 is 1.45 bits per heavy atom. The van der Waals surface area contributed by atoms with Gasteiger partial charge >= 0.3 is 5.97 Å². The molecule has 0 atom stereocenters. The Bertz CT molecular complexity index is 671. The second-order valence-corrected chi connectivity index (χ2v) is 6.27. The number of fused-ring (bicyclic) bond motifs is 1. The molecule has 2 aromatic rings. The van der Waals surface area contributed by atoms with Gasteiger partial charge < -0.3 is 10.4 Å². The lowest BCUT2D eigenvalue weighted by molar-refractivity contribution is 0.0697. The second-order valence-electron chi connectivity index (χ2n) is 5.00. The molecule has 0 unspecified atom stereocenters. The molecule has 0 aliphatic heterocycles. The maximum absolute atomic E-state index is 11.0. The van der Waals surface area contributed by atoms with Crippen LogP contribution in [0.4, 0.5) is 5.82 Å². The summed E-state index contributed by atoms with van der Waals surface area (Å²) in [4.78, 5) is 19.4. The lowest BCUT2D eigenvalue weighted by Crippen LogP contribution is -2.18. The summed E-state index contributed by atoms with van der Waals surface area (Å²) < 4.78 is 0.346. The normalized spacial score (nSPS) is 16.1. The SMILES string of the molecule is CSC1(CNc2ncnc3cc(C(=O)O)ccc23)CC1. The van der Waals surface area contributed by atoms with Crippen LogP contribution in [0.3, 0.4) is 0 Å². The zero-order chi connectivity index (χ0) is 14.2. The fraction of sp³-hybridized carbons (Fsp3) is 0.357. The first kappa shape index (κ1) is 13.2. The van der Waals surface area contributed by atoms with Crippen LogP contribution in [0.2, 0.25) is 0 Å². The van der Waals surface area contributed by atoms with Crippen LogP contribution >= 0.6 is 11.8 Å². The zero-order valence-electron chi connectivity index (χ0n) is 11.1. The van der Waals surface area contributed by atoms with Gasteiger partial charge in [0.2, 0.25) is 0 Å². The third-order valence-electron chi connectivity index (χ3n) is 3.70. The number of carboxylic acid groups (broad SMARTS) is 1. The summed E-state index contributed by atoms with van der Waals surface area (Å²) >= 11 is 1.89. The van der Waals surface area contributed by atoms with Crippen molar-refractivity contribution in [2.45, 2.75) is 17.6 Å². The molecular weight excluding hydrogens is 274 g/mol. The molecule has 0 saturated heterocycles. The smallest absolute Gasteiger partial charge is 0.335 e. The third-order valence-corrected chi connectivity index (χ3v) is 5.12. The quantitative estimate of drug-likeness (QED) is 0.881. The lowest BCUT2D eigenvalue weighted by atomic mass is 10.1. The predicted molar refractivity (Wildman–Crippen MR) is 80.5 cm³/mol. The molecule has 1 saturated carbocycles. The number of carbonyl (C=O) groups is 1. The molecule has 1 heterocycles. The van der Waals surface area contributed by atoms with Gasteiger partial charge in [0.05, 0.1) is 11.1 Å². The van der Waals surface area contributed by atoms with Gasteiger partial charge in [-0.3, -0.25) is 0 Å². The number of rotatable bonds is 5. The van der Waals surface area contributed by atoms with Crippen molar-refractivity contribution in [1.82, 2.24) is 9.97 Å². The highest BCUT2D eigenvalue weighted by molar-refractivity contribution is 8.00. The van der Waals surface area contributed by atoms with E-state index in [4.69, 9.17) is 5.11 Å². The number of aromatic nitrogens is 2. The van der Waals surface area contributed by atoms with Crippen molar-refractivity contribution in [3.8, 4) is 0 Å². The van der Waals surface area contributed by atoms with E-state index in [2.05, 4.69) is 21.5 Å². The molecule has 1 aliphatic rings. The summed E-state index contributed by atoms with van der Waals surface area (Å²) in [5, 5.41) is 13.2. The van der Waals surface area contributed by atoms with E-state index in [1.54, 1.807) is 18.2 Å². The topological polar surface area (TPSA) is 75.1 Å². The van der Waals surface area contributed by atoms with Crippen LogP contribution in [0.25, 0.3) is 10.9 Å². The maximum atomic E-state index is 11.0. The molecule has 6 heteroatoms. The van der Waals surface area contributed by atoms with E-state index < -0.39 is 5.97 Å². The Balaban J connectivity index is 1.89. The Labute approximate surface area is 120 Å². The van der Waals surface area contributed by atoms with Gasteiger partial charge in [-0.25, -0.2) is 14.8 Å². The maximum Gasteiger partial charge on any atom is 0.335 e. The molecule has 5 nitrogen and oxygen atoms in total. The molecule has 1 aromatic carbocycles. The van der Waals surface area contributed by atoms with Gasteiger partial charge in [0.25, 0.3) is 0 Å². The summed E-state index contributed by atoms with van der Waals surface area (Å²) in [6, 6.07) is 4.92. The molecule has 3 rings (SSSR count). The standard InChI is InChI=1S/C14H15N3O2S/c1-20-14(4-5-14)7-15-12-10-3-2-9(13(18)19)6-11(10)16-8-17-12/h2-3,6,8H,4-5,7H2,1H3,(H,18,19)(H,15,16,17). The van der Waals surface area contributed by atoms with Crippen molar-refractivity contribution < 1.29 is 9.90 Å². The second kappa shape index (κ2) is 4.94. The Morgan fingerprint density at radius 2 is 2.25 bits per heavy atom. The monoisotopic (exact) mass is 289 g/mol. The summed E-state index contributed by atoms with van der Waals surface area (Å²) in [5.74, 6) is -0.174. The minimum absolute atomic E-state index is 0.241. The van der Waals surface area contributed by atoms with Gasteiger partial charge in [-0.2, -0.15) is 11.8 Å². The zero-order valence-corrected chi connectivity index (χ0v) is 11.9. The average molecular weight is 289 g/mol. The number of aromatic carboxylic acids is 1. The molecule has 0 radical (unpaired) electrons. The fourth-order valence-corrected chi connectivity index (χ4v) is 2.90. The summed E-state index contributed by atoms with van der Waals surface area (Å²) in [6.07, 6.45) is 6.06. The van der Waals surface area contributed by atoms with Gasteiger partial charge in [-0.15, -0.1) is 0 Å². The highest BCUT2D eigenvalue weighted by atomic mass is 32.2. The molecular formula is C14H15N3O2S. The van der Waals surface area contributed by atoms with E-state index >= 15 is 0 Å². The van der Waals surface area contributed by atoms with Crippen molar-refractivity contribution in [2.75, 3.05) is 18.1 Å². The van der Waals surface area contributed by atoms with Gasteiger partial charge in [0.1, 0.15) is 12.1 Å². The highest BCUT2D eigenvalue weighted by Crippen LogP contribution is 2.47. The van der Waals surface area contributed by atoms with Crippen LogP contribution in [0, 0.1) is 0 Å². The van der Waals surface area contributed by atoms with Gasteiger partial charge in [0, 0.05) is 16.7 Å².